The number of aliphatic hydroxyl groups is 1. The summed E-state index contributed by atoms with van der Waals surface area (Å²) in [6, 6.07) is 14.7. The van der Waals surface area contributed by atoms with Crippen LogP contribution in [0, 0.1) is 0 Å². The molecule has 0 saturated heterocycles. The standard InChI is InChI=1S/C16H13NO3/c18-14-10-12(11-6-2-1-3-7-11)16(20-14)15(19)13-8-4-5-9-17-13/h1-10,15-16,19H/t15-,16+/m1/s1. The molecule has 0 bridgehead atoms. The monoisotopic (exact) mass is 267 g/mol. The van der Waals surface area contributed by atoms with Gasteiger partial charge in [-0.2, -0.15) is 0 Å². The molecule has 4 nitrogen and oxygen atoms in total. The van der Waals surface area contributed by atoms with Gasteiger partial charge in [-0.15, -0.1) is 0 Å². The summed E-state index contributed by atoms with van der Waals surface area (Å²) in [5.74, 6) is -0.441. The van der Waals surface area contributed by atoms with Crippen LogP contribution in [0.3, 0.4) is 0 Å². The molecule has 2 atom stereocenters. The van der Waals surface area contributed by atoms with Crippen molar-refractivity contribution in [1.82, 2.24) is 4.98 Å². The number of hydrogen-bond donors (Lipinski definition) is 1. The van der Waals surface area contributed by atoms with Crippen LogP contribution in [0.15, 0.2) is 60.8 Å². The highest BCUT2D eigenvalue weighted by Crippen LogP contribution is 2.33. The fourth-order valence-corrected chi connectivity index (χ4v) is 2.25. The van der Waals surface area contributed by atoms with Crippen molar-refractivity contribution in [2.45, 2.75) is 12.2 Å². The highest BCUT2D eigenvalue weighted by molar-refractivity contribution is 5.97. The van der Waals surface area contributed by atoms with Crippen molar-refractivity contribution < 1.29 is 14.6 Å². The van der Waals surface area contributed by atoms with Crippen LogP contribution in [0.2, 0.25) is 0 Å². The van der Waals surface area contributed by atoms with Gasteiger partial charge < -0.3 is 9.84 Å². The van der Waals surface area contributed by atoms with E-state index in [0.29, 0.717) is 11.3 Å². The maximum Gasteiger partial charge on any atom is 0.331 e. The van der Waals surface area contributed by atoms with Gasteiger partial charge in [0.1, 0.15) is 6.10 Å². The Morgan fingerprint density at radius 2 is 1.85 bits per heavy atom. The van der Waals surface area contributed by atoms with Gasteiger partial charge in [0.2, 0.25) is 0 Å². The Kier molecular flexibility index (Phi) is 3.31. The minimum atomic E-state index is -0.978. The Morgan fingerprint density at radius 3 is 2.55 bits per heavy atom. The number of hydrogen-bond acceptors (Lipinski definition) is 4. The van der Waals surface area contributed by atoms with E-state index < -0.39 is 18.2 Å². The summed E-state index contributed by atoms with van der Waals surface area (Å²) in [6.45, 7) is 0. The van der Waals surface area contributed by atoms with Crippen molar-refractivity contribution >= 4 is 11.5 Å². The number of pyridine rings is 1. The number of nitrogens with zero attached hydrogens (tertiary/aromatic N) is 1. The van der Waals surface area contributed by atoms with E-state index in [-0.39, 0.29) is 0 Å². The van der Waals surface area contributed by atoms with Crippen LogP contribution in [-0.2, 0) is 9.53 Å². The lowest BCUT2D eigenvalue weighted by atomic mass is 9.96. The van der Waals surface area contributed by atoms with Crippen molar-refractivity contribution in [2.24, 2.45) is 0 Å². The Hall–Kier alpha value is -2.46. The Bertz CT molecular complexity index is 637. The maximum atomic E-state index is 11.5. The lowest BCUT2D eigenvalue weighted by Crippen LogP contribution is -2.22. The summed E-state index contributed by atoms with van der Waals surface area (Å²) in [5.41, 5.74) is 2.01. The largest absolute Gasteiger partial charge is 0.451 e. The molecule has 1 aromatic carbocycles. The van der Waals surface area contributed by atoms with Crippen LogP contribution in [0.25, 0.3) is 5.57 Å². The van der Waals surface area contributed by atoms with Gasteiger partial charge in [0.25, 0.3) is 0 Å². The molecular formula is C16H13NO3. The zero-order valence-corrected chi connectivity index (χ0v) is 10.6. The number of carbonyl (C=O) groups is 1. The first-order valence-electron chi connectivity index (χ1n) is 6.32. The Balaban J connectivity index is 1.94. The molecule has 0 unspecified atom stereocenters. The second-order valence-electron chi connectivity index (χ2n) is 4.52. The predicted octanol–water partition coefficient (Wildman–Crippen LogP) is 2.12. The summed E-state index contributed by atoms with van der Waals surface area (Å²) in [7, 11) is 0. The van der Waals surface area contributed by atoms with E-state index in [1.165, 1.54) is 6.08 Å². The average Bonchev–Trinajstić information content (AvgIpc) is 2.90. The summed E-state index contributed by atoms with van der Waals surface area (Å²) < 4.78 is 5.22. The highest BCUT2D eigenvalue weighted by atomic mass is 16.6. The lowest BCUT2D eigenvalue weighted by molar-refractivity contribution is -0.142. The molecule has 2 aromatic rings. The molecule has 1 aromatic heterocycles. The highest BCUT2D eigenvalue weighted by Gasteiger charge is 2.34. The number of ether oxygens (including phenoxy) is 1. The van der Waals surface area contributed by atoms with Gasteiger partial charge in [0.15, 0.2) is 6.10 Å². The predicted molar refractivity (Wildman–Crippen MR) is 73.5 cm³/mol. The molecule has 1 aliphatic heterocycles. The molecule has 0 radical (unpaired) electrons. The third kappa shape index (κ3) is 2.33. The molecule has 3 rings (SSSR count). The zero-order valence-electron chi connectivity index (χ0n) is 10.6. The number of aliphatic hydroxyl groups excluding tert-OH is 1. The third-order valence-corrected chi connectivity index (χ3v) is 3.21. The summed E-state index contributed by atoms with van der Waals surface area (Å²) >= 11 is 0. The minimum Gasteiger partial charge on any atom is -0.451 e. The molecule has 20 heavy (non-hydrogen) atoms. The fraction of sp³-hybridized carbons (Fsp3) is 0.125. The van der Waals surface area contributed by atoms with Gasteiger partial charge in [-0.1, -0.05) is 36.4 Å². The van der Waals surface area contributed by atoms with E-state index in [1.807, 2.05) is 30.3 Å². The smallest absolute Gasteiger partial charge is 0.331 e. The minimum absolute atomic E-state index is 0.441. The van der Waals surface area contributed by atoms with Gasteiger partial charge >= 0.3 is 5.97 Å². The van der Waals surface area contributed by atoms with Gasteiger partial charge in [-0.25, -0.2) is 4.79 Å². The molecular weight excluding hydrogens is 254 g/mol. The molecule has 0 saturated carbocycles. The Morgan fingerprint density at radius 1 is 1.10 bits per heavy atom. The number of rotatable bonds is 3. The maximum absolute atomic E-state index is 11.5. The molecule has 0 fully saturated rings. The molecule has 1 aliphatic rings. The van der Waals surface area contributed by atoms with E-state index in [4.69, 9.17) is 4.74 Å². The van der Waals surface area contributed by atoms with Crippen LogP contribution in [-0.4, -0.2) is 22.2 Å². The van der Waals surface area contributed by atoms with Crippen molar-refractivity contribution in [2.75, 3.05) is 0 Å². The van der Waals surface area contributed by atoms with Gasteiger partial charge in [-0.05, 0) is 17.7 Å². The van der Waals surface area contributed by atoms with E-state index in [2.05, 4.69) is 4.98 Å². The topological polar surface area (TPSA) is 59.4 Å². The summed E-state index contributed by atoms with van der Waals surface area (Å²) in [6.07, 6.45) is 1.32. The summed E-state index contributed by atoms with van der Waals surface area (Å²) in [5, 5.41) is 10.4. The van der Waals surface area contributed by atoms with Crippen LogP contribution in [0.4, 0.5) is 0 Å². The average molecular weight is 267 g/mol. The SMILES string of the molecule is O=C1C=C(c2ccccc2)[C@@H]([C@H](O)c2ccccn2)O1. The van der Waals surface area contributed by atoms with Gasteiger partial charge in [-0.3, -0.25) is 4.98 Å². The number of aromatic nitrogens is 1. The third-order valence-electron chi connectivity index (χ3n) is 3.21. The van der Waals surface area contributed by atoms with E-state index >= 15 is 0 Å². The van der Waals surface area contributed by atoms with Gasteiger partial charge in [0, 0.05) is 17.8 Å². The summed E-state index contributed by atoms with van der Waals surface area (Å²) in [4.78, 5) is 15.7. The van der Waals surface area contributed by atoms with Gasteiger partial charge in [0.05, 0.1) is 5.69 Å². The molecule has 1 N–H and O–H groups in total. The van der Waals surface area contributed by atoms with E-state index in [0.717, 1.165) is 5.56 Å². The van der Waals surface area contributed by atoms with Crippen molar-refractivity contribution in [3.05, 3.63) is 72.1 Å². The van der Waals surface area contributed by atoms with E-state index in [9.17, 15) is 9.90 Å². The molecule has 100 valence electrons. The first kappa shape index (κ1) is 12.6. The second-order valence-corrected chi connectivity index (χ2v) is 4.52. The normalized spacial score (nSPS) is 19.4. The zero-order chi connectivity index (χ0) is 13.9. The first-order chi connectivity index (χ1) is 9.75. The molecule has 0 aliphatic carbocycles. The number of benzene rings is 1. The lowest BCUT2D eigenvalue weighted by Gasteiger charge is -2.20. The molecule has 4 heteroatoms. The molecule has 2 heterocycles. The molecule has 0 spiro atoms. The Labute approximate surface area is 116 Å². The van der Waals surface area contributed by atoms with Crippen LogP contribution >= 0.6 is 0 Å². The van der Waals surface area contributed by atoms with Crippen molar-refractivity contribution in [3.8, 4) is 0 Å². The quantitative estimate of drug-likeness (QED) is 0.865. The van der Waals surface area contributed by atoms with Crippen molar-refractivity contribution in [1.29, 1.82) is 0 Å². The van der Waals surface area contributed by atoms with Crippen LogP contribution in [0.1, 0.15) is 17.4 Å². The van der Waals surface area contributed by atoms with Crippen LogP contribution < -0.4 is 0 Å². The first-order valence-corrected chi connectivity index (χ1v) is 6.32. The fourth-order valence-electron chi connectivity index (χ4n) is 2.25. The van der Waals surface area contributed by atoms with Crippen molar-refractivity contribution in [3.63, 3.8) is 0 Å². The number of carbonyl (C=O) groups excluding carboxylic acids is 1. The molecule has 0 amide bonds. The van der Waals surface area contributed by atoms with E-state index in [1.54, 1.807) is 24.4 Å². The number of esters is 1. The second kappa shape index (κ2) is 5.27. The number of cyclic esters (lactones) is 1. The van der Waals surface area contributed by atoms with Crippen LogP contribution in [0.5, 0.6) is 0 Å².